The van der Waals surface area contributed by atoms with Crippen molar-refractivity contribution in [2.75, 3.05) is 13.1 Å². The highest BCUT2D eigenvalue weighted by Crippen LogP contribution is 2.41. The summed E-state index contributed by atoms with van der Waals surface area (Å²) in [6.07, 6.45) is 2.98. The van der Waals surface area contributed by atoms with Gasteiger partial charge in [0, 0.05) is 19.5 Å². The summed E-state index contributed by atoms with van der Waals surface area (Å²) >= 11 is 0. The Kier molecular flexibility index (Phi) is 5.34. The van der Waals surface area contributed by atoms with Gasteiger partial charge in [0.2, 0.25) is 5.91 Å². The lowest BCUT2D eigenvalue weighted by Gasteiger charge is -2.28. The van der Waals surface area contributed by atoms with Gasteiger partial charge in [-0.3, -0.25) is 9.59 Å². The number of nitrogens with zero attached hydrogens (tertiary/aromatic N) is 2. The van der Waals surface area contributed by atoms with Gasteiger partial charge in [-0.2, -0.15) is 5.26 Å². The first kappa shape index (κ1) is 15.5. The third-order valence-corrected chi connectivity index (χ3v) is 3.95. The molecule has 1 unspecified atom stereocenters. The van der Waals surface area contributed by atoms with Gasteiger partial charge in [0.25, 0.3) is 0 Å². The molecule has 19 heavy (non-hydrogen) atoms. The molecule has 0 aromatic carbocycles. The van der Waals surface area contributed by atoms with E-state index in [1.165, 1.54) is 0 Å². The molecular weight excluding hydrogens is 244 g/mol. The Morgan fingerprint density at radius 2 is 2.00 bits per heavy atom. The third kappa shape index (κ3) is 3.69. The summed E-state index contributed by atoms with van der Waals surface area (Å²) in [6, 6.07) is 2.10. The van der Waals surface area contributed by atoms with Crippen LogP contribution in [0.3, 0.4) is 0 Å². The molecule has 0 bridgehead atoms. The molecule has 0 spiro atoms. The molecule has 1 saturated carbocycles. The molecule has 0 aromatic heterocycles. The van der Waals surface area contributed by atoms with Crippen LogP contribution in [0.5, 0.6) is 0 Å². The molecule has 0 aromatic rings. The molecule has 1 N–H and O–H groups in total. The van der Waals surface area contributed by atoms with E-state index in [1.54, 1.807) is 11.8 Å². The molecule has 5 nitrogen and oxygen atoms in total. The minimum Gasteiger partial charge on any atom is -0.481 e. The smallest absolute Gasteiger partial charge is 0.310 e. The molecule has 106 valence electrons. The number of nitriles is 1. The summed E-state index contributed by atoms with van der Waals surface area (Å²) in [7, 11) is 0. The van der Waals surface area contributed by atoms with Crippen molar-refractivity contribution in [3.05, 3.63) is 0 Å². The number of carbonyl (C=O) groups excluding carboxylic acids is 1. The van der Waals surface area contributed by atoms with Gasteiger partial charge in [-0.05, 0) is 26.7 Å². The van der Waals surface area contributed by atoms with Crippen LogP contribution in [0.25, 0.3) is 0 Å². The molecule has 1 aliphatic carbocycles. The first-order chi connectivity index (χ1) is 8.95. The summed E-state index contributed by atoms with van der Waals surface area (Å²) in [5, 5.41) is 18.2. The third-order valence-electron chi connectivity index (χ3n) is 3.95. The van der Waals surface area contributed by atoms with Gasteiger partial charge >= 0.3 is 5.97 Å². The zero-order valence-electron chi connectivity index (χ0n) is 11.7. The lowest BCUT2D eigenvalue weighted by molar-refractivity contribution is -0.153. The largest absolute Gasteiger partial charge is 0.481 e. The Labute approximate surface area is 114 Å². The Bertz CT molecular complexity index is 381. The van der Waals surface area contributed by atoms with E-state index >= 15 is 0 Å². The van der Waals surface area contributed by atoms with Crippen LogP contribution in [-0.4, -0.2) is 35.0 Å². The summed E-state index contributed by atoms with van der Waals surface area (Å²) in [5.41, 5.74) is -0.875. The van der Waals surface area contributed by atoms with Crippen molar-refractivity contribution >= 4 is 11.9 Å². The first-order valence-corrected chi connectivity index (χ1v) is 6.86. The normalized spacial score (nSPS) is 18.6. The predicted molar refractivity (Wildman–Crippen MR) is 70.2 cm³/mol. The summed E-state index contributed by atoms with van der Waals surface area (Å²) in [4.78, 5) is 25.3. The average Bonchev–Trinajstić information content (AvgIpc) is 2.85. The van der Waals surface area contributed by atoms with E-state index in [9.17, 15) is 14.7 Å². The van der Waals surface area contributed by atoms with E-state index in [4.69, 9.17) is 5.26 Å². The Hall–Kier alpha value is -1.57. The molecule has 1 rings (SSSR count). The van der Waals surface area contributed by atoms with Crippen LogP contribution >= 0.6 is 0 Å². The molecule has 0 heterocycles. The van der Waals surface area contributed by atoms with Crippen LogP contribution < -0.4 is 0 Å². The predicted octanol–water partition coefficient (Wildman–Crippen LogP) is 2.03. The van der Waals surface area contributed by atoms with E-state index in [1.807, 2.05) is 6.92 Å². The number of carboxylic acids is 1. The van der Waals surface area contributed by atoms with Gasteiger partial charge in [0.05, 0.1) is 17.4 Å². The second-order valence-electron chi connectivity index (χ2n) is 5.43. The lowest BCUT2D eigenvalue weighted by Crippen LogP contribution is -2.40. The fraction of sp³-hybridized carbons (Fsp3) is 0.786. The molecule has 0 radical (unpaired) electrons. The fourth-order valence-electron chi connectivity index (χ4n) is 2.70. The maximum absolute atomic E-state index is 12.2. The highest BCUT2D eigenvalue weighted by molar-refractivity contribution is 5.85. The molecule has 1 atom stereocenters. The van der Waals surface area contributed by atoms with Crippen LogP contribution in [-0.2, 0) is 9.59 Å². The van der Waals surface area contributed by atoms with Crippen LogP contribution in [0.1, 0.15) is 46.0 Å². The van der Waals surface area contributed by atoms with Gasteiger partial charge in [-0.15, -0.1) is 0 Å². The maximum Gasteiger partial charge on any atom is 0.310 e. The van der Waals surface area contributed by atoms with E-state index in [-0.39, 0.29) is 18.2 Å². The maximum atomic E-state index is 12.2. The molecule has 1 fully saturated rings. The van der Waals surface area contributed by atoms with Gasteiger partial charge in [0.1, 0.15) is 0 Å². The summed E-state index contributed by atoms with van der Waals surface area (Å²) in [5.74, 6) is -1.23. The van der Waals surface area contributed by atoms with Crippen LogP contribution in [0.2, 0.25) is 0 Å². The monoisotopic (exact) mass is 266 g/mol. The molecule has 0 saturated heterocycles. The number of carbonyl (C=O) groups is 2. The van der Waals surface area contributed by atoms with Crippen LogP contribution in [0, 0.1) is 22.7 Å². The van der Waals surface area contributed by atoms with Crippen LogP contribution in [0.15, 0.2) is 0 Å². The number of aliphatic carboxylic acids is 1. The van der Waals surface area contributed by atoms with E-state index in [0.717, 1.165) is 12.8 Å². The van der Waals surface area contributed by atoms with E-state index in [0.29, 0.717) is 25.9 Å². The quantitative estimate of drug-likeness (QED) is 0.797. The Morgan fingerprint density at radius 3 is 2.42 bits per heavy atom. The zero-order chi connectivity index (χ0) is 14.5. The highest BCUT2D eigenvalue weighted by atomic mass is 16.4. The number of rotatable bonds is 6. The second-order valence-corrected chi connectivity index (χ2v) is 5.43. The summed E-state index contributed by atoms with van der Waals surface area (Å²) < 4.78 is 0. The average molecular weight is 266 g/mol. The summed E-state index contributed by atoms with van der Waals surface area (Å²) in [6.45, 7) is 4.50. The molecule has 5 heteroatoms. The number of amides is 1. The van der Waals surface area contributed by atoms with Gasteiger partial charge in [-0.25, -0.2) is 0 Å². The van der Waals surface area contributed by atoms with Gasteiger partial charge < -0.3 is 10.0 Å². The zero-order valence-corrected chi connectivity index (χ0v) is 11.7. The van der Waals surface area contributed by atoms with Gasteiger partial charge in [0.15, 0.2) is 0 Å². The fourth-order valence-corrected chi connectivity index (χ4v) is 2.70. The number of carboxylic acid groups (broad SMARTS) is 1. The number of hydrogen-bond donors (Lipinski definition) is 1. The minimum absolute atomic E-state index is 0.0638. The van der Waals surface area contributed by atoms with E-state index in [2.05, 4.69) is 6.07 Å². The molecule has 0 aliphatic heterocycles. The van der Waals surface area contributed by atoms with Crippen molar-refractivity contribution < 1.29 is 14.7 Å². The van der Waals surface area contributed by atoms with Gasteiger partial charge in [-0.1, -0.05) is 12.8 Å². The van der Waals surface area contributed by atoms with Crippen molar-refractivity contribution in [1.29, 1.82) is 5.26 Å². The lowest BCUT2D eigenvalue weighted by atomic mass is 9.82. The molecular formula is C14H22N2O3. The SMILES string of the molecule is CCN(CC(C)C#N)C(=O)CC1(C(=O)O)CCCC1. The topological polar surface area (TPSA) is 81.4 Å². The minimum atomic E-state index is -0.875. The molecule has 1 amide bonds. The number of hydrogen-bond acceptors (Lipinski definition) is 3. The van der Waals surface area contributed by atoms with E-state index < -0.39 is 11.4 Å². The molecule has 1 aliphatic rings. The van der Waals surface area contributed by atoms with Crippen molar-refractivity contribution in [1.82, 2.24) is 4.90 Å². The Balaban J connectivity index is 2.70. The highest BCUT2D eigenvalue weighted by Gasteiger charge is 2.43. The standard InChI is InChI=1S/C14H22N2O3/c1-3-16(10-11(2)9-15)12(17)8-14(13(18)19)6-4-5-7-14/h11H,3-8,10H2,1-2H3,(H,18,19). The van der Waals surface area contributed by atoms with Crippen molar-refractivity contribution in [3.63, 3.8) is 0 Å². The first-order valence-electron chi connectivity index (χ1n) is 6.86. The van der Waals surface area contributed by atoms with Crippen molar-refractivity contribution in [2.45, 2.75) is 46.0 Å². The Morgan fingerprint density at radius 1 is 1.42 bits per heavy atom. The van der Waals surface area contributed by atoms with Crippen molar-refractivity contribution in [2.24, 2.45) is 11.3 Å². The van der Waals surface area contributed by atoms with Crippen LogP contribution in [0.4, 0.5) is 0 Å². The van der Waals surface area contributed by atoms with Crippen molar-refractivity contribution in [3.8, 4) is 6.07 Å². The second kappa shape index (κ2) is 6.55.